The monoisotopic (exact) mass is 205 g/mol. The maximum atomic E-state index is 5.76. The van der Waals surface area contributed by atoms with Gasteiger partial charge in [0.05, 0.1) is 5.56 Å². The Labute approximate surface area is 89.9 Å². The van der Waals surface area contributed by atoms with E-state index in [1.54, 1.807) is 0 Å². The summed E-state index contributed by atoms with van der Waals surface area (Å²) in [6, 6.07) is 0. The van der Waals surface area contributed by atoms with Gasteiger partial charge in [0, 0.05) is 6.42 Å². The second kappa shape index (κ2) is 5.20. The summed E-state index contributed by atoms with van der Waals surface area (Å²) in [7, 11) is 0. The van der Waals surface area contributed by atoms with Crippen LogP contribution in [-0.2, 0) is 0 Å². The Morgan fingerprint density at radius 2 is 2.27 bits per heavy atom. The molecular weight excluding hydrogens is 190 g/mol. The smallest absolute Gasteiger partial charge is 0.222 e. The van der Waals surface area contributed by atoms with Crippen molar-refractivity contribution in [1.29, 1.82) is 0 Å². The van der Waals surface area contributed by atoms with Gasteiger partial charge in [-0.05, 0) is 5.92 Å². The number of ether oxygens (including phenoxy) is 1. The molecule has 0 amide bonds. The second-order valence-corrected chi connectivity index (χ2v) is 3.44. The van der Waals surface area contributed by atoms with Crippen LogP contribution in [0.1, 0.15) is 31.7 Å². The molecule has 0 aromatic carbocycles. The molecule has 80 valence electrons. The van der Waals surface area contributed by atoms with Gasteiger partial charge < -0.3 is 10.5 Å². The number of hydrogen-bond donors (Lipinski definition) is 1. The number of nitrogens with zero attached hydrogens (tertiary/aromatic N) is 2. The zero-order valence-electron chi connectivity index (χ0n) is 9.03. The van der Waals surface area contributed by atoms with Crippen LogP contribution < -0.4 is 10.5 Å². The van der Waals surface area contributed by atoms with Gasteiger partial charge in [0.1, 0.15) is 18.8 Å². The fourth-order valence-electron chi connectivity index (χ4n) is 1.26. The lowest BCUT2D eigenvalue weighted by molar-refractivity contribution is 0.309. The van der Waals surface area contributed by atoms with E-state index in [9.17, 15) is 0 Å². The van der Waals surface area contributed by atoms with E-state index in [4.69, 9.17) is 16.9 Å². The van der Waals surface area contributed by atoms with E-state index in [2.05, 4.69) is 15.9 Å². The molecular formula is C11H15N3O. The molecule has 0 aliphatic heterocycles. The highest BCUT2D eigenvalue weighted by molar-refractivity contribution is 5.46. The highest BCUT2D eigenvalue weighted by Crippen LogP contribution is 2.27. The molecule has 4 heteroatoms. The molecule has 1 rings (SSSR count). The lowest BCUT2D eigenvalue weighted by atomic mass is 10.1. The van der Waals surface area contributed by atoms with Gasteiger partial charge in [-0.2, -0.15) is 0 Å². The van der Waals surface area contributed by atoms with Crippen molar-refractivity contribution in [2.75, 3.05) is 12.3 Å². The molecule has 0 bridgehead atoms. The minimum Gasteiger partial charge on any atom is -0.476 e. The fraction of sp³-hybridized carbons (Fsp3) is 0.455. The normalized spacial score (nSPS) is 10.0. The first-order valence-corrected chi connectivity index (χ1v) is 4.83. The van der Waals surface area contributed by atoms with Crippen molar-refractivity contribution >= 4 is 5.82 Å². The molecule has 4 nitrogen and oxygen atoms in total. The summed E-state index contributed by atoms with van der Waals surface area (Å²) in [4.78, 5) is 7.99. The van der Waals surface area contributed by atoms with Crippen LogP contribution in [0, 0.1) is 12.3 Å². The predicted molar refractivity (Wildman–Crippen MR) is 59.5 cm³/mol. The van der Waals surface area contributed by atoms with E-state index in [1.165, 1.54) is 6.33 Å². The van der Waals surface area contributed by atoms with Crippen LogP contribution in [0.15, 0.2) is 6.33 Å². The van der Waals surface area contributed by atoms with Crippen molar-refractivity contribution in [2.24, 2.45) is 0 Å². The number of nitrogens with two attached hydrogens (primary N) is 1. The van der Waals surface area contributed by atoms with E-state index in [0.29, 0.717) is 24.7 Å². The van der Waals surface area contributed by atoms with Crippen molar-refractivity contribution in [3.05, 3.63) is 11.9 Å². The van der Waals surface area contributed by atoms with Gasteiger partial charge >= 0.3 is 0 Å². The van der Waals surface area contributed by atoms with Crippen LogP contribution in [0.4, 0.5) is 5.82 Å². The topological polar surface area (TPSA) is 61.0 Å². The van der Waals surface area contributed by atoms with Crippen molar-refractivity contribution in [2.45, 2.75) is 26.2 Å². The van der Waals surface area contributed by atoms with Crippen LogP contribution in [0.5, 0.6) is 5.88 Å². The lowest BCUT2D eigenvalue weighted by Gasteiger charge is -2.13. The molecule has 0 radical (unpaired) electrons. The molecule has 15 heavy (non-hydrogen) atoms. The largest absolute Gasteiger partial charge is 0.476 e. The highest BCUT2D eigenvalue weighted by atomic mass is 16.5. The Kier molecular flexibility index (Phi) is 3.92. The van der Waals surface area contributed by atoms with E-state index >= 15 is 0 Å². The molecule has 1 heterocycles. The molecule has 0 saturated heterocycles. The van der Waals surface area contributed by atoms with Crippen LogP contribution >= 0.6 is 0 Å². The lowest BCUT2D eigenvalue weighted by Crippen LogP contribution is -2.07. The molecule has 1 aromatic heterocycles. The Morgan fingerprint density at radius 3 is 2.87 bits per heavy atom. The van der Waals surface area contributed by atoms with Crippen LogP contribution in [0.25, 0.3) is 0 Å². The second-order valence-electron chi connectivity index (χ2n) is 3.44. The first kappa shape index (κ1) is 11.3. The number of terminal acetylenes is 1. The third-order valence-corrected chi connectivity index (χ3v) is 1.94. The van der Waals surface area contributed by atoms with Crippen LogP contribution in [0.2, 0.25) is 0 Å². The van der Waals surface area contributed by atoms with Gasteiger partial charge in [0.15, 0.2) is 0 Å². The number of anilines is 1. The summed E-state index contributed by atoms with van der Waals surface area (Å²) >= 11 is 0. The van der Waals surface area contributed by atoms with E-state index < -0.39 is 0 Å². The number of hydrogen-bond acceptors (Lipinski definition) is 4. The van der Waals surface area contributed by atoms with Crippen molar-refractivity contribution in [3.8, 4) is 18.2 Å². The Morgan fingerprint density at radius 1 is 1.53 bits per heavy atom. The average Bonchev–Trinajstić information content (AvgIpc) is 2.17. The summed E-state index contributed by atoms with van der Waals surface area (Å²) in [5.41, 5.74) is 6.60. The highest BCUT2D eigenvalue weighted by Gasteiger charge is 2.13. The van der Waals surface area contributed by atoms with Gasteiger partial charge in [-0.1, -0.05) is 13.8 Å². The first-order chi connectivity index (χ1) is 7.16. The molecule has 0 fully saturated rings. The number of aromatic nitrogens is 2. The van der Waals surface area contributed by atoms with Crippen molar-refractivity contribution < 1.29 is 4.74 Å². The van der Waals surface area contributed by atoms with Gasteiger partial charge in [-0.15, -0.1) is 12.3 Å². The summed E-state index contributed by atoms with van der Waals surface area (Å²) in [6.45, 7) is 4.48. The minimum absolute atomic E-state index is 0.229. The first-order valence-electron chi connectivity index (χ1n) is 4.83. The zero-order valence-corrected chi connectivity index (χ0v) is 9.03. The Bertz CT molecular complexity index is 369. The minimum atomic E-state index is 0.229. The number of rotatable bonds is 4. The van der Waals surface area contributed by atoms with Crippen molar-refractivity contribution in [3.63, 3.8) is 0 Å². The maximum Gasteiger partial charge on any atom is 0.222 e. The summed E-state index contributed by atoms with van der Waals surface area (Å²) in [5, 5.41) is 0. The standard InChI is InChI=1S/C11H15N3O/c1-4-5-6-15-11-9(8(2)3)10(12)13-7-14-11/h1,7-8H,5-6H2,2-3H3,(H2,12,13,14). The molecule has 0 aliphatic rings. The predicted octanol–water partition coefficient (Wildman–Crippen LogP) is 1.58. The van der Waals surface area contributed by atoms with E-state index in [0.717, 1.165) is 5.56 Å². The van der Waals surface area contributed by atoms with Gasteiger partial charge in [-0.25, -0.2) is 9.97 Å². The SMILES string of the molecule is C#CCCOc1ncnc(N)c1C(C)C. The fourth-order valence-corrected chi connectivity index (χ4v) is 1.26. The van der Waals surface area contributed by atoms with Crippen LogP contribution in [-0.4, -0.2) is 16.6 Å². The third-order valence-electron chi connectivity index (χ3n) is 1.94. The number of nitrogen functional groups attached to an aromatic ring is 1. The molecule has 0 unspecified atom stereocenters. The van der Waals surface area contributed by atoms with E-state index in [1.807, 2.05) is 13.8 Å². The Hall–Kier alpha value is -1.76. The third kappa shape index (κ3) is 2.84. The summed E-state index contributed by atoms with van der Waals surface area (Å²) in [6.07, 6.45) is 7.09. The molecule has 0 atom stereocenters. The molecule has 0 aliphatic carbocycles. The molecule has 2 N–H and O–H groups in total. The summed E-state index contributed by atoms with van der Waals surface area (Å²) < 4.78 is 5.45. The van der Waals surface area contributed by atoms with Crippen molar-refractivity contribution in [1.82, 2.24) is 9.97 Å². The quantitative estimate of drug-likeness (QED) is 0.599. The zero-order chi connectivity index (χ0) is 11.3. The molecule has 0 spiro atoms. The molecule has 1 aromatic rings. The average molecular weight is 205 g/mol. The maximum absolute atomic E-state index is 5.76. The van der Waals surface area contributed by atoms with Crippen LogP contribution in [0.3, 0.4) is 0 Å². The summed E-state index contributed by atoms with van der Waals surface area (Å²) in [5.74, 6) is 3.73. The van der Waals surface area contributed by atoms with E-state index in [-0.39, 0.29) is 5.92 Å². The van der Waals surface area contributed by atoms with Gasteiger partial charge in [0.2, 0.25) is 5.88 Å². The molecule has 0 saturated carbocycles. The van der Waals surface area contributed by atoms with Gasteiger partial charge in [-0.3, -0.25) is 0 Å². The Balaban J connectivity index is 2.87. The van der Waals surface area contributed by atoms with Gasteiger partial charge in [0.25, 0.3) is 0 Å².